The number of fused-ring (bicyclic) bond motifs is 1. The topological polar surface area (TPSA) is 110 Å². The molecule has 1 amide bonds. The monoisotopic (exact) mass is 407 g/mol. The minimum Gasteiger partial charge on any atom is -0.465 e. The highest BCUT2D eigenvalue weighted by Gasteiger charge is 2.27. The van der Waals surface area contributed by atoms with Crippen molar-refractivity contribution >= 4 is 28.2 Å². The molecule has 1 N–H and O–H groups in total. The zero-order valence-electron chi connectivity index (χ0n) is 15.6. The Labute approximate surface area is 170 Å². The first-order chi connectivity index (χ1) is 14.1. The first-order valence-corrected chi connectivity index (χ1v) is 9.88. The molecule has 0 aromatic carbocycles. The zero-order chi connectivity index (χ0) is 20.4. The Kier molecular flexibility index (Phi) is 5.10. The van der Waals surface area contributed by atoms with Gasteiger partial charge in [0.1, 0.15) is 11.1 Å². The number of ether oxygens (including phenoxy) is 1. The maximum atomic E-state index is 12.7. The lowest BCUT2D eigenvalue weighted by Gasteiger charge is -2.11. The summed E-state index contributed by atoms with van der Waals surface area (Å²) in [5, 5.41) is 20.2. The van der Waals surface area contributed by atoms with Gasteiger partial charge in [0.05, 0.1) is 18.2 Å². The first-order valence-electron chi connectivity index (χ1n) is 9.07. The normalized spacial score (nSPS) is 12.7. The van der Waals surface area contributed by atoms with E-state index in [0.717, 1.165) is 36.1 Å². The summed E-state index contributed by atoms with van der Waals surface area (Å²) in [4.78, 5) is 26.1. The van der Waals surface area contributed by atoms with E-state index in [1.54, 1.807) is 35.2 Å². The number of amides is 1. The van der Waals surface area contributed by atoms with Crippen LogP contribution in [0.2, 0.25) is 0 Å². The lowest BCUT2D eigenvalue weighted by atomic mass is 9.95. The van der Waals surface area contributed by atoms with Gasteiger partial charge >= 0.3 is 5.97 Å². The van der Waals surface area contributed by atoms with Crippen LogP contribution in [-0.4, -0.2) is 33.8 Å². The van der Waals surface area contributed by atoms with Crippen LogP contribution in [0.3, 0.4) is 0 Å². The second-order valence-electron chi connectivity index (χ2n) is 6.56. The van der Waals surface area contributed by atoms with Crippen LogP contribution in [0.15, 0.2) is 30.6 Å². The van der Waals surface area contributed by atoms with E-state index in [-0.39, 0.29) is 5.69 Å². The summed E-state index contributed by atoms with van der Waals surface area (Å²) >= 11 is 1.42. The third-order valence-corrected chi connectivity index (χ3v) is 5.96. The number of nitrogens with one attached hydrogen (secondary N) is 1. The van der Waals surface area contributed by atoms with Gasteiger partial charge in [-0.3, -0.25) is 4.79 Å². The van der Waals surface area contributed by atoms with Crippen molar-refractivity contribution in [2.75, 3.05) is 12.4 Å². The van der Waals surface area contributed by atoms with Gasteiger partial charge in [0.25, 0.3) is 5.91 Å². The Bertz CT molecular complexity index is 1120. The Balaban J connectivity index is 1.57. The third-order valence-electron chi connectivity index (χ3n) is 4.76. The molecule has 29 heavy (non-hydrogen) atoms. The van der Waals surface area contributed by atoms with Crippen molar-refractivity contribution in [3.63, 3.8) is 0 Å². The molecule has 0 atom stereocenters. The van der Waals surface area contributed by atoms with Crippen molar-refractivity contribution in [2.24, 2.45) is 0 Å². The molecule has 0 unspecified atom stereocenters. The summed E-state index contributed by atoms with van der Waals surface area (Å²) in [5.74, 6) is -0.398. The van der Waals surface area contributed by atoms with E-state index in [2.05, 4.69) is 15.5 Å². The first kappa shape index (κ1) is 18.8. The highest BCUT2D eigenvalue weighted by molar-refractivity contribution is 7.17. The molecule has 146 valence electrons. The van der Waals surface area contributed by atoms with Gasteiger partial charge in [-0.1, -0.05) is 0 Å². The van der Waals surface area contributed by atoms with Gasteiger partial charge in [0.2, 0.25) is 0 Å². The van der Waals surface area contributed by atoms with Gasteiger partial charge in [-0.15, -0.1) is 21.5 Å². The van der Waals surface area contributed by atoms with Crippen molar-refractivity contribution in [3.8, 4) is 11.9 Å². The van der Waals surface area contributed by atoms with Crippen molar-refractivity contribution in [2.45, 2.75) is 25.7 Å². The van der Waals surface area contributed by atoms with Gasteiger partial charge < -0.3 is 14.6 Å². The molecule has 9 heteroatoms. The second kappa shape index (κ2) is 7.85. The average molecular weight is 407 g/mol. The highest BCUT2D eigenvalue weighted by Crippen LogP contribution is 2.38. The highest BCUT2D eigenvalue weighted by atomic mass is 32.1. The standard InChI is InChI=1S/C20H17N5O3S/c1-28-20(27)17-13-4-2-3-5-15(13)29-19(17)22-18(26)14-6-7-16(24-23-14)25-9-8-12(10-21)11-25/h6-9,11H,2-5H2,1H3,(H,22,26). The van der Waals surface area contributed by atoms with Crippen LogP contribution in [-0.2, 0) is 17.6 Å². The van der Waals surface area contributed by atoms with Crippen LogP contribution in [0.4, 0.5) is 5.00 Å². The van der Waals surface area contributed by atoms with Gasteiger partial charge in [0, 0.05) is 17.3 Å². The van der Waals surface area contributed by atoms with Crippen molar-refractivity contribution in [1.82, 2.24) is 14.8 Å². The van der Waals surface area contributed by atoms with E-state index >= 15 is 0 Å². The van der Waals surface area contributed by atoms with E-state index in [1.807, 2.05) is 6.07 Å². The average Bonchev–Trinajstić information content (AvgIpc) is 3.37. The minimum absolute atomic E-state index is 0.128. The molecular formula is C20H17N5O3S. The lowest BCUT2D eigenvalue weighted by molar-refractivity contribution is 0.0601. The van der Waals surface area contributed by atoms with E-state index < -0.39 is 11.9 Å². The number of rotatable bonds is 4. The number of nitriles is 1. The van der Waals surface area contributed by atoms with Crippen molar-refractivity contribution < 1.29 is 14.3 Å². The molecule has 0 radical (unpaired) electrons. The molecule has 1 aliphatic carbocycles. The molecule has 0 fully saturated rings. The Hall–Kier alpha value is -3.51. The molecule has 4 rings (SSSR count). The molecule has 0 spiro atoms. The van der Waals surface area contributed by atoms with E-state index in [9.17, 15) is 9.59 Å². The number of hydrogen-bond acceptors (Lipinski definition) is 7. The Morgan fingerprint density at radius 2 is 2.07 bits per heavy atom. The molecule has 0 saturated carbocycles. The van der Waals surface area contributed by atoms with E-state index in [1.165, 1.54) is 18.4 Å². The summed E-state index contributed by atoms with van der Waals surface area (Å²) in [5.41, 5.74) is 2.06. The second-order valence-corrected chi connectivity index (χ2v) is 7.66. The predicted octanol–water partition coefficient (Wildman–Crippen LogP) is 3.12. The molecule has 8 nitrogen and oxygen atoms in total. The minimum atomic E-state index is -0.446. The Morgan fingerprint density at radius 1 is 1.24 bits per heavy atom. The van der Waals surface area contributed by atoms with Crippen LogP contribution < -0.4 is 5.32 Å². The SMILES string of the molecule is COC(=O)c1c(NC(=O)c2ccc(-n3ccc(C#N)c3)nn2)sc2c1CCCC2. The predicted molar refractivity (Wildman–Crippen MR) is 106 cm³/mol. The van der Waals surface area contributed by atoms with E-state index in [0.29, 0.717) is 21.9 Å². The molecular weight excluding hydrogens is 390 g/mol. The molecule has 1 aliphatic rings. The largest absolute Gasteiger partial charge is 0.465 e. The van der Waals surface area contributed by atoms with Crippen LogP contribution in [0, 0.1) is 11.3 Å². The quantitative estimate of drug-likeness (QED) is 0.666. The maximum absolute atomic E-state index is 12.7. The molecule has 0 aliphatic heterocycles. The van der Waals surface area contributed by atoms with Crippen molar-refractivity contribution in [3.05, 3.63) is 57.9 Å². The van der Waals surface area contributed by atoms with E-state index in [4.69, 9.17) is 10.00 Å². The summed E-state index contributed by atoms with van der Waals surface area (Å²) in [6, 6.07) is 6.90. The number of carbonyl (C=O) groups is 2. The van der Waals surface area contributed by atoms with Gasteiger partial charge in [-0.2, -0.15) is 5.26 Å². The number of esters is 1. The number of carbonyl (C=O) groups excluding carboxylic acids is 2. The Morgan fingerprint density at radius 3 is 2.76 bits per heavy atom. The fourth-order valence-corrected chi connectivity index (χ4v) is 4.60. The van der Waals surface area contributed by atoms with Gasteiger partial charge in [0.15, 0.2) is 11.5 Å². The number of aromatic nitrogens is 3. The van der Waals surface area contributed by atoms with Crippen molar-refractivity contribution in [1.29, 1.82) is 5.26 Å². The van der Waals surface area contributed by atoms with Crippen LogP contribution in [0.1, 0.15) is 49.7 Å². The maximum Gasteiger partial charge on any atom is 0.341 e. The molecule has 0 saturated heterocycles. The number of nitrogens with zero attached hydrogens (tertiary/aromatic N) is 4. The number of aryl methyl sites for hydroxylation is 1. The summed E-state index contributed by atoms with van der Waals surface area (Å²) in [7, 11) is 1.34. The fraction of sp³-hybridized carbons (Fsp3) is 0.250. The third kappa shape index (κ3) is 3.62. The zero-order valence-corrected chi connectivity index (χ0v) is 16.5. The summed E-state index contributed by atoms with van der Waals surface area (Å²) in [6.45, 7) is 0. The summed E-state index contributed by atoms with van der Waals surface area (Å²) < 4.78 is 6.58. The lowest BCUT2D eigenvalue weighted by Crippen LogP contribution is -2.17. The number of anilines is 1. The number of methoxy groups -OCH3 is 1. The van der Waals surface area contributed by atoms with Gasteiger partial charge in [-0.05, 0) is 49.4 Å². The number of thiophene rings is 1. The van der Waals surface area contributed by atoms with Gasteiger partial charge in [-0.25, -0.2) is 4.79 Å². The van der Waals surface area contributed by atoms with Crippen LogP contribution in [0.5, 0.6) is 0 Å². The molecule has 3 heterocycles. The smallest absolute Gasteiger partial charge is 0.341 e. The fourth-order valence-electron chi connectivity index (χ4n) is 3.33. The summed E-state index contributed by atoms with van der Waals surface area (Å²) in [6.07, 6.45) is 7.12. The number of hydrogen-bond donors (Lipinski definition) is 1. The molecule has 3 aromatic rings. The molecule has 0 bridgehead atoms. The molecule has 3 aromatic heterocycles. The van der Waals surface area contributed by atoms with Crippen LogP contribution in [0.25, 0.3) is 5.82 Å². The van der Waals surface area contributed by atoms with Crippen LogP contribution >= 0.6 is 11.3 Å².